The molecule has 0 radical (unpaired) electrons. The van der Waals surface area contributed by atoms with Gasteiger partial charge in [0.15, 0.2) is 10.3 Å². The van der Waals surface area contributed by atoms with Crippen LogP contribution < -0.4 is 10.6 Å². The van der Waals surface area contributed by atoms with Crippen molar-refractivity contribution < 1.29 is 19.8 Å². The van der Waals surface area contributed by atoms with Gasteiger partial charge in [0.2, 0.25) is 0 Å². The average molecular weight is 737 g/mol. The number of nitrogens with one attached hydrogen (secondary N) is 2. The van der Waals surface area contributed by atoms with Crippen LogP contribution in [0.3, 0.4) is 0 Å². The number of amidine groups is 2. The number of benzene rings is 2. The zero-order valence-electron chi connectivity index (χ0n) is 22.3. The Balaban J connectivity index is 1.02. The minimum absolute atomic E-state index is 0.117. The van der Waals surface area contributed by atoms with Crippen molar-refractivity contribution in [3.8, 4) is 11.5 Å². The van der Waals surface area contributed by atoms with E-state index in [4.69, 9.17) is 0 Å². The number of hydrogen-bond acceptors (Lipinski definition) is 10. The van der Waals surface area contributed by atoms with E-state index in [2.05, 4.69) is 62.3 Å². The van der Waals surface area contributed by atoms with Gasteiger partial charge in [-0.15, -0.1) is 0 Å². The van der Waals surface area contributed by atoms with E-state index in [-0.39, 0.29) is 23.3 Å². The zero-order valence-corrected chi connectivity index (χ0v) is 27.2. The highest BCUT2D eigenvalue weighted by atomic mass is 79.9. The molecule has 0 bridgehead atoms. The molecule has 5 rings (SSSR count). The van der Waals surface area contributed by atoms with Crippen molar-refractivity contribution in [2.24, 2.45) is 9.98 Å². The van der Waals surface area contributed by atoms with E-state index in [1.54, 1.807) is 48.6 Å². The molecule has 10 nitrogen and oxygen atoms in total. The number of aromatic hydroxyl groups is 2. The summed E-state index contributed by atoms with van der Waals surface area (Å²) in [5.41, 5.74) is 1.63. The van der Waals surface area contributed by atoms with Crippen LogP contribution >= 0.6 is 55.4 Å². The third-order valence-electron chi connectivity index (χ3n) is 6.64. The van der Waals surface area contributed by atoms with Crippen molar-refractivity contribution in [1.82, 2.24) is 20.4 Å². The van der Waals surface area contributed by atoms with Gasteiger partial charge in [0.25, 0.3) is 11.8 Å². The molecule has 42 heavy (non-hydrogen) atoms. The van der Waals surface area contributed by atoms with Crippen LogP contribution in [0, 0.1) is 0 Å². The number of phenolic OH excluding ortho intramolecular Hbond substituents is 2. The molecule has 3 fully saturated rings. The lowest BCUT2D eigenvalue weighted by Gasteiger charge is -2.34. The Morgan fingerprint density at radius 1 is 0.762 bits per heavy atom. The summed E-state index contributed by atoms with van der Waals surface area (Å²) >= 11 is 9.27. The second-order valence-corrected chi connectivity index (χ2v) is 13.4. The summed E-state index contributed by atoms with van der Waals surface area (Å²) in [6.45, 7) is 6.56. The lowest BCUT2D eigenvalue weighted by atomic mass is 10.2. The molecule has 14 heteroatoms. The van der Waals surface area contributed by atoms with Gasteiger partial charge in [-0.1, -0.05) is 12.1 Å². The summed E-state index contributed by atoms with van der Waals surface area (Å²) in [7, 11) is 0. The molecule has 0 unspecified atom stereocenters. The molecule has 3 aliphatic heterocycles. The highest BCUT2D eigenvalue weighted by Gasteiger charge is 2.25. The number of carbonyl (C=O) groups is 2. The Hall–Kier alpha value is -2.62. The first kappa shape index (κ1) is 30.8. The summed E-state index contributed by atoms with van der Waals surface area (Å²) in [6, 6.07) is 10.2. The summed E-state index contributed by atoms with van der Waals surface area (Å²) in [4.78, 5) is 39.7. The van der Waals surface area contributed by atoms with E-state index in [1.807, 2.05) is 0 Å². The molecule has 2 amide bonds. The van der Waals surface area contributed by atoms with Crippen molar-refractivity contribution in [3.05, 3.63) is 66.3 Å². The number of piperazine rings is 1. The van der Waals surface area contributed by atoms with Crippen LogP contribution in [0.2, 0.25) is 0 Å². The van der Waals surface area contributed by atoms with Gasteiger partial charge in [-0.2, -0.15) is 0 Å². The van der Waals surface area contributed by atoms with E-state index in [1.165, 1.54) is 23.5 Å². The molecule has 0 aliphatic carbocycles. The maximum atomic E-state index is 12.4. The number of amides is 2. The highest BCUT2D eigenvalue weighted by Crippen LogP contribution is 2.35. The SMILES string of the molecule is O=C1NC(=NCCN2CCN(CCN=C3NC(=O)/C(=C/c4cc(Br)c(O)c(Br)c4)S3)CC2)S/C1=C\c1ccc(O)cc1. The number of carbonyl (C=O) groups excluding carboxylic acids is 2. The predicted octanol–water partition coefficient (Wildman–Crippen LogP) is 4.06. The van der Waals surface area contributed by atoms with Gasteiger partial charge in [-0.3, -0.25) is 29.4 Å². The minimum atomic E-state index is -0.184. The quantitative estimate of drug-likeness (QED) is 0.299. The minimum Gasteiger partial charge on any atom is -0.508 e. The third-order valence-corrected chi connectivity index (χ3v) is 9.74. The Kier molecular flexibility index (Phi) is 10.4. The molecule has 3 aliphatic rings. The van der Waals surface area contributed by atoms with Gasteiger partial charge in [0.1, 0.15) is 11.5 Å². The molecule has 220 valence electrons. The van der Waals surface area contributed by atoms with E-state index in [9.17, 15) is 19.8 Å². The molecule has 2 aromatic carbocycles. The van der Waals surface area contributed by atoms with Crippen molar-refractivity contribution in [1.29, 1.82) is 0 Å². The monoisotopic (exact) mass is 734 g/mol. The third kappa shape index (κ3) is 8.26. The fourth-order valence-electron chi connectivity index (χ4n) is 4.37. The molecule has 3 saturated heterocycles. The lowest BCUT2D eigenvalue weighted by molar-refractivity contribution is -0.116. The van der Waals surface area contributed by atoms with Crippen LogP contribution in [0.4, 0.5) is 0 Å². The summed E-state index contributed by atoms with van der Waals surface area (Å²) in [5.74, 6) is -0.0401. The fraction of sp³-hybridized carbons (Fsp3) is 0.286. The van der Waals surface area contributed by atoms with Gasteiger partial charge in [-0.25, -0.2) is 0 Å². The molecule has 3 heterocycles. The second kappa shape index (κ2) is 14.2. The van der Waals surface area contributed by atoms with Crippen LogP contribution in [-0.2, 0) is 9.59 Å². The first-order valence-electron chi connectivity index (χ1n) is 13.2. The predicted molar refractivity (Wildman–Crippen MR) is 177 cm³/mol. The molecule has 0 spiro atoms. The largest absolute Gasteiger partial charge is 0.508 e. The second-order valence-electron chi connectivity index (χ2n) is 9.61. The van der Waals surface area contributed by atoms with E-state index in [0.717, 1.165) is 50.4 Å². The van der Waals surface area contributed by atoms with E-state index < -0.39 is 0 Å². The van der Waals surface area contributed by atoms with Gasteiger partial charge >= 0.3 is 0 Å². The van der Waals surface area contributed by atoms with Crippen LogP contribution in [-0.4, -0.2) is 94.5 Å². The average Bonchev–Trinajstić information content (AvgIpc) is 3.49. The molecular weight excluding hydrogens is 708 g/mol. The van der Waals surface area contributed by atoms with Gasteiger partial charge in [-0.05, 0) is 103 Å². The topological polar surface area (TPSA) is 130 Å². The summed E-state index contributed by atoms with van der Waals surface area (Å²) in [5, 5.41) is 26.2. The molecule has 0 aromatic heterocycles. The molecular formula is C28H28Br2N6O4S2. The zero-order chi connectivity index (χ0) is 29.6. The van der Waals surface area contributed by atoms with Gasteiger partial charge in [0, 0.05) is 39.3 Å². The number of phenols is 2. The van der Waals surface area contributed by atoms with Crippen LogP contribution in [0.15, 0.2) is 65.1 Å². The summed E-state index contributed by atoms with van der Waals surface area (Å²) < 4.78 is 1.09. The molecule has 0 atom stereocenters. The normalized spacial score (nSPS) is 22.0. The number of hydrogen-bond donors (Lipinski definition) is 4. The van der Waals surface area contributed by atoms with Crippen LogP contribution in [0.5, 0.6) is 11.5 Å². The highest BCUT2D eigenvalue weighted by molar-refractivity contribution is 9.11. The van der Waals surface area contributed by atoms with Gasteiger partial charge < -0.3 is 20.8 Å². The molecule has 0 saturated carbocycles. The van der Waals surface area contributed by atoms with Gasteiger partial charge in [0.05, 0.1) is 31.8 Å². The number of nitrogens with zero attached hydrogens (tertiary/aromatic N) is 4. The van der Waals surface area contributed by atoms with Crippen molar-refractivity contribution in [2.45, 2.75) is 0 Å². The maximum absolute atomic E-state index is 12.4. The first-order valence-corrected chi connectivity index (χ1v) is 16.4. The fourth-order valence-corrected chi connectivity index (χ4v) is 7.28. The molecule has 4 N–H and O–H groups in total. The number of halogens is 2. The van der Waals surface area contributed by atoms with Crippen molar-refractivity contribution in [2.75, 3.05) is 52.4 Å². The maximum Gasteiger partial charge on any atom is 0.264 e. The first-order chi connectivity index (χ1) is 20.2. The van der Waals surface area contributed by atoms with E-state index >= 15 is 0 Å². The standard InChI is InChI=1S/C28H28Br2N6O4S2/c29-20-13-18(14-21(30)24(20)38)16-23-26(40)34-28(42-23)32-6-8-36-11-9-35(10-12-36)7-5-31-27-33-25(39)22(41-27)15-17-1-3-19(37)4-2-17/h1-4,13-16,37-38H,5-12H2,(H,31,33,39)(H,32,34,40)/b22-15-,23-16-. The van der Waals surface area contributed by atoms with Crippen molar-refractivity contribution >= 4 is 89.7 Å². The Bertz CT molecular complexity index is 1460. The van der Waals surface area contributed by atoms with E-state index in [0.29, 0.717) is 42.2 Å². The van der Waals surface area contributed by atoms with Crippen molar-refractivity contribution in [3.63, 3.8) is 0 Å². The number of rotatable bonds is 8. The number of thioether (sulfide) groups is 2. The Labute approximate surface area is 268 Å². The Morgan fingerprint density at radius 2 is 1.21 bits per heavy atom. The summed E-state index contributed by atoms with van der Waals surface area (Å²) in [6.07, 6.45) is 3.56. The smallest absolute Gasteiger partial charge is 0.264 e. The van der Waals surface area contributed by atoms with Crippen LogP contribution in [0.1, 0.15) is 11.1 Å². The molecule has 2 aromatic rings. The number of aliphatic imine (C=N–C) groups is 2. The Morgan fingerprint density at radius 3 is 1.69 bits per heavy atom. The van der Waals surface area contributed by atoms with Crippen LogP contribution in [0.25, 0.3) is 12.2 Å². The lowest BCUT2D eigenvalue weighted by Crippen LogP contribution is -2.47.